The van der Waals surface area contributed by atoms with E-state index in [4.69, 9.17) is 15.2 Å². The third-order valence-electron chi connectivity index (χ3n) is 6.34. The Morgan fingerprint density at radius 1 is 0.977 bits per heavy atom. The largest absolute Gasteiger partial charge is 0.508 e. The molecule has 2 atom stereocenters. The average Bonchev–Trinajstić information content (AvgIpc) is 3.01. The summed E-state index contributed by atoms with van der Waals surface area (Å²) in [7, 11) is 0. The molecule has 0 unspecified atom stereocenters. The van der Waals surface area contributed by atoms with Gasteiger partial charge in [-0.25, -0.2) is 4.79 Å². The van der Waals surface area contributed by atoms with Crippen molar-refractivity contribution < 1.29 is 24.2 Å². The predicted octanol–water partition coefficient (Wildman–Crippen LogP) is 8.01. The Hall–Kier alpha value is -4.16. The predicted molar refractivity (Wildman–Crippen MR) is 181 cm³/mol. The van der Waals surface area contributed by atoms with E-state index in [0.717, 1.165) is 8.47 Å². The minimum Gasteiger partial charge on any atom is -0.508 e. The normalized spacial score (nSPS) is 12.3. The number of nitrogens with two attached hydrogens (primary N) is 1. The number of para-hydroxylation sites is 3. The summed E-state index contributed by atoms with van der Waals surface area (Å²) in [5.41, 5.74) is 7.90. The van der Waals surface area contributed by atoms with E-state index in [9.17, 15) is 14.7 Å². The van der Waals surface area contributed by atoms with Crippen molar-refractivity contribution in [1.82, 2.24) is 0 Å². The van der Waals surface area contributed by atoms with Gasteiger partial charge in [0.15, 0.2) is 6.10 Å². The van der Waals surface area contributed by atoms with Gasteiger partial charge in [0.05, 0.1) is 11.4 Å². The molecule has 5 N–H and O–H groups in total. The molecule has 4 aromatic carbocycles. The lowest BCUT2D eigenvalue weighted by molar-refractivity contribution is -0.111. The number of allylic oxidation sites excluding steroid dienone is 1. The molecule has 0 heterocycles. The number of ether oxygens (including phenoxy) is 2. The molecular weight excluding hydrogens is 677 g/mol. The van der Waals surface area contributed by atoms with Crippen molar-refractivity contribution in [3.63, 3.8) is 0 Å². The molecule has 10 heteroatoms. The van der Waals surface area contributed by atoms with Crippen molar-refractivity contribution >= 4 is 63.4 Å². The summed E-state index contributed by atoms with van der Waals surface area (Å²) in [6.07, 6.45) is 3.50. The number of anilines is 3. The highest BCUT2D eigenvalue weighted by molar-refractivity contribution is 14.1. The summed E-state index contributed by atoms with van der Waals surface area (Å²) in [6.45, 7) is 0. The van der Waals surface area contributed by atoms with Crippen molar-refractivity contribution in [3.05, 3.63) is 118 Å². The van der Waals surface area contributed by atoms with E-state index in [0.29, 0.717) is 41.2 Å². The van der Waals surface area contributed by atoms with E-state index in [1.165, 1.54) is 6.08 Å². The quantitative estimate of drug-likeness (QED) is 0.0509. The van der Waals surface area contributed by atoms with Gasteiger partial charge < -0.3 is 25.6 Å². The van der Waals surface area contributed by atoms with Crippen LogP contribution in [0.15, 0.2) is 114 Å². The number of benzene rings is 4. The van der Waals surface area contributed by atoms with Crippen LogP contribution in [0.5, 0.6) is 11.5 Å². The first kappa shape index (κ1) is 31.8. The Bertz CT molecular complexity index is 1550. The molecule has 8 nitrogen and oxygen atoms in total. The SMILES string of the molecule is CSc1ccc(NC(=O)O[C@H](c2cc(I)ccc2O)[C@@H](CC/C=C/C(=O)Nc2ccccc2N)Oc2ccccc2)cc1. The highest BCUT2D eigenvalue weighted by Crippen LogP contribution is 2.35. The van der Waals surface area contributed by atoms with Crippen molar-refractivity contribution in [3.8, 4) is 11.5 Å². The summed E-state index contributed by atoms with van der Waals surface area (Å²) >= 11 is 3.74. The fraction of sp³-hybridized carbons (Fsp3) is 0.152. The zero-order valence-electron chi connectivity index (χ0n) is 23.4. The minimum absolute atomic E-state index is 0.0282. The second-order valence-corrected chi connectivity index (χ2v) is 11.5. The first-order valence-electron chi connectivity index (χ1n) is 13.5. The molecule has 0 aromatic heterocycles. The molecule has 2 amide bonds. The maximum absolute atomic E-state index is 13.2. The summed E-state index contributed by atoms with van der Waals surface area (Å²) in [5.74, 6) is 0.216. The number of hydrogen-bond acceptors (Lipinski definition) is 7. The minimum atomic E-state index is -0.980. The van der Waals surface area contributed by atoms with Crippen LogP contribution >= 0.6 is 34.4 Å². The van der Waals surface area contributed by atoms with Crippen LogP contribution in [0.4, 0.5) is 21.9 Å². The molecule has 4 aromatic rings. The van der Waals surface area contributed by atoms with Gasteiger partial charge >= 0.3 is 6.09 Å². The Morgan fingerprint density at radius 2 is 1.70 bits per heavy atom. The van der Waals surface area contributed by atoms with Gasteiger partial charge in [-0.1, -0.05) is 36.4 Å². The van der Waals surface area contributed by atoms with Gasteiger partial charge in [0.2, 0.25) is 5.91 Å². The fourth-order valence-corrected chi connectivity index (χ4v) is 5.14. The van der Waals surface area contributed by atoms with Crippen molar-refractivity contribution in [1.29, 1.82) is 0 Å². The van der Waals surface area contributed by atoms with Crippen LogP contribution in [-0.2, 0) is 9.53 Å². The Kier molecular flexibility index (Phi) is 11.7. The van der Waals surface area contributed by atoms with Crippen molar-refractivity contribution in [2.24, 2.45) is 0 Å². The van der Waals surface area contributed by atoms with Crippen LogP contribution in [0, 0.1) is 3.57 Å². The van der Waals surface area contributed by atoms with E-state index in [1.807, 2.05) is 36.6 Å². The van der Waals surface area contributed by atoms with Gasteiger partial charge in [-0.2, -0.15) is 0 Å². The number of phenols is 1. The van der Waals surface area contributed by atoms with Crippen molar-refractivity contribution in [2.75, 3.05) is 22.6 Å². The molecule has 222 valence electrons. The van der Waals surface area contributed by atoms with E-state index >= 15 is 0 Å². The second-order valence-electron chi connectivity index (χ2n) is 9.41. The number of carbonyl (C=O) groups excluding carboxylic acids is 2. The highest BCUT2D eigenvalue weighted by Gasteiger charge is 2.31. The van der Waals surface area contributed by atoms with Gasteiger partial charge in [0, 0.05) is 19.7 Å². The number of aromatic hydroxyl groups is 1. The van der Waals surface area contributed by atoms with Gasteiger partial charge in [-0.3, -0.25) is 10.1 Å². The molecule has 0 aliphatic rings. The molecule has 0 fully saturated rings. The molecule has 0 saturated heterocycles. The number of rotatable bonds is 12. The molecule has 0 bridgehead atoms. The summed E-state index contributed by atoms with van der Waals surface area (Å²) in [5, 5.41) is 16.4. The number of hydrogen-bond donors (Lipinski definition) is 4. The Balaban J connectivity index is 1.56. The first-order valence-corrected chi connectivity index (χ1v) is 15.8. The number of carbonyl (C=O) groups is 2. The fourth-order valence-electron chi connectivity index (χ4n) is 4.21. The van der Waals surface area contributed by atoms with Crippen LogP contribution in [0.1, 0.15) is 24.5 Å². The molecule has 43 heavy (non-hydrogen) atoms. The number of nitrogens with one attached hydrogen (secondary N) is 2. The smallest absolute Gasteiger partial charge is 0.412 e. The van der Waals surface area contributed by atoms with Crippen LogP contribution in [0.2, 0.25) is 0 Å². The summed E-state index contributed by atoms with van der Waals surface area (Å²) < 4.78 is 13.2. The maximum Gasteiger partial charge on any atom is 0.412 e. The lowest BCUT2D eigenvalue weighted by atomic mass is 9.99. The molecule has 4 rings (SSSR count). The zero-order chi connectivity index (χ0) is 30.6. The summed E-state index contributed by atoms with van der Waals surface area (Å²) in [4.78, 5) is 26.7. The number of nitrogen functional groups attached to an aromatic ring is 1. The van der Waals surface area contributed by atoms with E-state index in [-0.39, 0.29) is 11.7 Å². The number of thioether (sulfide) groups is 1. The van der Waals surface area contributed by atoms with Gasteiger partial charge in [-0.05, 0) is 114 Å². The lowest BCUT2D eigenvalue weighted by Gasteiger charge is -2.28. The first-order chi connectivity index (χ1) is 20.8. The topological polar surface area (TPSA) is 123 Å². The molecule has 0 radical (unpaired) electrons. The third kappa shape index (κ3) is 9.69. The third-order valence-corrected chi connectivity index (χ3v) is 7.76. The number of halogens is 1. The van der Waals surface area contributed by atoms with Crippen LogP contribution in [0.3, 0.4) is 0 Å². The standard InChI is InChI=1S/C33H32IN3O5S/c1-43-25-18-16-23(17-19-25)36-33(40)42-32(26-21-22(34)15-20-29(26)38)30(41-24-9-3-2-4-10-24)13-7-8-14-31(39)37-28-12-6-5-11-27(28)35/h2-6,8-12,14-21,30,32,38H,7,13,35H2,1H3,(H,36,40)(H,37,39)/b14-8+/t30-,32-/m1/s1. The van der Waals surface area contributed by atoms with Gasteiger partial charge in [0.1, 0.15) is 17.6 Å². The molecule has 0 spiro atoms. The van der Waals surface area contributed by atoms with E-state index in [1.54, 1.807) is 84.6 Å². The van der Waals surface area contributed by atoms with Crippen LogP contribution < -0.4 is 21.1 Å². The van der Waals surface area contributed by atoms with Crippen molar-refractivity contribution in [2.45, 2.75) is 29.9 Å². The molecule has 0 saturated carbocycles. The van der Waals surface area contributed by atoms with Gasteiger partial charge in [0.25, 0.3) is 0 Å². The van der Waals surface area contributed by atoms with Crippen LogP contribution in [-0.4, -0.2) is 29.5 Å². The zero-order valence-corrected chi connectivity index (χ0v) is 26.4. The second kappa shape index (κ2) is 15.9. The maximum atomic E-state index is 13.2. The summed E-state index contributed by atoms with van der Waals surface area (Å²) in [6, 6.07) is 28.7. The molecule has 0 aliphatic heterocycles. The Labute approximate surface area is 268 Å². The lowest BCUT2D eigenvalue weighted by Crippen LogP contribution is -2.31. The van der Waals surface area contributed by atoms with Gasteiger partial charge in [-0.15, -0.1) is 11.8 Å². The molecular formula is C33H32IN3O5S. The Morgan fingerprint density at radius 3 is 2.42 bits per heavy atom. The monoisotopic (exact) mass is 709 g/mol. The number of phenolic OH excluding ortho intramolecular Hbond substituents is 1. The van der Waals surface area contributed by atoms with Crippen LogP contribution in [0.25, 0.3) is 0 Å². The highest BCUT2D eigenvalue weighted by atomic mass is 127. The van der Waals surface area contributed by atoms with E-state index < -0.39 is 18.3 Å². The average molecular weight is 710 g/mol. The molecule has 0 aliphatic carbocycles. The number of amides is 2. The van der Waals surface area contributed by atoms with E-state index in [2.05, 4.69) is 33.2 Å².